The number of methoxy groups -OCH3 is 2. The topological polar surface area (TPSA) is 60.5 Å². The maximum absolute atomic E-state index is 11.5. The second-order valence-corrected chi connectivity index (χ2v) is 5.43. The summed E-state index contributed by atoms with van der Waals surface area (Å²) in [4.78, 5) is 16.6. The SMILES string of the molecule is COC(=O)c1nc(Nc2ccc(OC)c(C)c2)sc1C. The van der Waals surface area contributed by atoms with Crippen molar-refractivity contribution in [2.24, 2.45) is 0 Å². The van der Waals surface area contributed by atoms with E-state index in [4.69, 9.17) is 9.47 Å². The predicted octanol–water partition coefficient (Wildman–Crippen LogP) is 3.30. The third kappa shape index (κ3) is 2.91. The average molecular weight is 292 g/mol. The van der Waals surface area contributed by atoms with Crippen molar-refractivity contribution >= 4 is 28.1 Å². The van der Waals surface area contributed by atoms with Crippen LogP contribution in [0.4, 0.5) is 10.8 Å². The second kappa shape index (κ2) is 5.92. The summed E-state index contributed by atoms with van der Waals surface area (Å²) in [5.74, 6) is 0.416. The van der Waals surface area contributed by atoms with Gasteiger partial charge in [0, 0.05) is 10.6 Å². The number of aromatic nitrogens is 1. The Labute approximate surface area is 121 Å². The van der Waals surface area contributed by atoms with Crippen LogP contribution in [0.2, 0.25) is 0 Å². The predicted molar refractivity (Wildman–Crippen MR) is 79.2 cm³/mol. The molecular weight excluding hydrogens is 276 g/mol. The molecule has 0 saturated heterocycles. The van der Waals surface area contributed by atoms with Crippen LogP contribution in [0, 0.1) is 13.8 Å². The zero-order valence-electron chi connectivity index (χ0n) is 11.8. The van der Waals surface area contributed by atoms with Crippen molar-refractivity contribution in [1.82, 2.24) is 4.98 Å². The molecule has 1 N–H and O–H groups in total. The minimum atomic E-state index is -0.419. The average Bonchev–Trinajstić information content (AvgIpc) is 2.79. The standard InChI is InChI=1S/C14H16N2O3S/c1-8-7-10(5-6-11(8)18-3)15-14-16-12(9(2)20-14)13(17)19-4/h5-7H,1-4H3,(H,15,16). The lowest BCUT2D eigenvalue weighted by Crippen LogP contribution is -2.03. The Morgan fingerprint density at radius 2 is 2.05 bits per heavy atom. The molecule has 0 unspecified atom stereocenters. The molecular formula is C14H16N2O3S. The molecule has 20 heavy (non-hydrogen) atoms. The summed E-state index contributed by atoms with van der Waals surface area (Å²) in [6.07, 6.45) is 0. The summed E-state index contributed by atoms with van der Waals surface area (Å²) in [7, 11) is 2.99. The number of hydrogen-bond donors (Lipinski definition) is 1. The van der Waals surface area contributed by atoms with E-state index in [2.05, 4.69) is 10.3 Å². The molecule has 0 radical (unpaired) electrons. The highest BCUT2D eigenvalue weighted by Gasteiger charge is 2.15. The van der Waals surface area contributed by atoms with E-state index in [0.29, 0.717) is 10.8 Å². The number of aryl methyl sites for hydroxylation is 2. The number of ether oxygens (including phenoxy) is 2. The first-order valence-corrected chi connectivity index (χ1v) is 6.84. The van der Waals surface area contributed by atoms with Crippen molar-refractivity contribution in [3.8, 4) is 5.75 Å². The first-order chi connectivity index (χ1) is 9.55. The van der Waals surface area contributed by atoms with Gasteiger partial charge in [-0.15, -0.1) is 11.3 Å². The van der Waals surface area contributed by atoms with E-state index in [1.807, 2.05) is 32.0 Å². The minimum absolute atomic E-state index is 0.352. The van der Waals surface area contributed by atoms with Crippen LogP contribution >= 0.6 is 11.3 Å². The number of benzene rings is 1. The van der Waals surface area contributed by atoms with Crippen LogP contribution in [0.3, 0.4) is 0 Å². The number of carbonyl (C=O) groups excluding carboxylic acids is 1. The Bertz CT molecular complexity index is 637. The van der Waals surface area contributed by atoms with Gasteiger partial charge in [-0.05, 0) is 37.6 Å². The third-order valence-electron chi connectivity index (χ3n) is 2.82. The van der Waals surface area contributed by atoms with Crippen molar-refractivity contribution in [2.75, 3.05) is 19.5 Å². The van der Waals surface area contributed by atoms with Gasteiger partial charge in [-0.1, -0.05) is 0 Å². The lowest BCUT2D eigenvalue weighted by molar-refractivity contribution is 0.0594. The number of rotatable bonds is 4. The van der Waals surface area contributed by atoms with Crippen molar-refractivity contribution in [2.45, 2.75) is 13.8 Å². The molecule has 2 aromatic rings. The highest BCUT2D eigenvalue weighted by molar-refractivity contribution is 7.15. The Balaban J connectivity index is 2.22. The summed E-state index contributed by atoms with van der Waals surface area (Å²) in [6.45, 7) is 3.81. The van der Waals surface area contributed by atoms with E-state index in [1.54, 1.807) is 7.11 Å². The summed E-state index contributed by atoms with van der Waals surface area (Å²) < 4.78 is 9.91. The van der Waals surface area contributed by atoms with Crippen LogP contribution in [0.25, 0.3) is 0 Å². The molecule has 1 aromatic heterocycles. The number of thiazole rings is 1. The molecule has 5 nitrogen and oxygen atoms in total. The summed E-state index contributed by atoms with van der Waals surface area (Å²) >= 11 is 1.41. The van der Waals surface area contributed by atoms with Gasteiger partial charge in [0.2, 0.25) is 0 Å². The fourth-order valence-corrected chi connectivity index (χ4v) is 2.64. The van der Waals surface area contributed by atoms with Gasteiger partial charge in [0.05, 0.1) is 14.2 Å². The highest BCUT2D eigenvalue weighted by Crippen LogP contribution is 2.28. The van der Waals surface area contributed by atoms with Gasteiger partial charge < -0.3 is 14.8 Å². The Kier molecular flexibility index (Phi) is 4.24. The quantitative estimate of drug-likeness (QED) is 0.876. The molecule has 1 aromatic carbocycles. The summed E-state index contributed by atoms with van der Waals surface area (Å²) in [5, 5.41) is 3.84. The molecule has 2 rings (SSSR count). The van der Waals surface area contributed by atoms with Gasteiger partial charge in [0.1, 0.15) is 5.75 Å². The van der Waals surface area contributed by atoms with Crippen molar-refractivity contribution < 1.29 is 14.3 Å². The molecule has 1 heterocycles. The summed E-state index contributed by atoms with van der Waals surface area (Å²) in [6, 6.07) is 5.76. The molecule has 0 saturated carbocycles. The molecule has 0 aliphatic carbocycles. The normalized spacial score (nSPS) is 10.2. The van der Waals surface area contributed by atoms with E-state index in [9.17, 15) is 4.79 Å². The smallest absolute Gasteiger partial charge is 0.357 e. The number of esters is 1. The largest absolute Gasteiger partial charge is 0.496 e. The zero-order chi connectivity index (χ0) is 14.7. The summed E-state index contributed by atoms with van der Waals surface area (Å²) in [5.41, 5.74) is 2.28. The van der Waals surface area contributed by atoms with Gasteiger partial charge in [0.25, 0.3) is 0 Å². The Morgan fingerprint density at radius 3 is 2.65 bits per heavy atom. The fourth-order valence-electron chi connectivity index (χ4n) is 1.82. The second-order valence-electron chi connectivity index (χ2n) is 4.22. The molecule has 0 spiro atoms. The van der Waals surface area contributed by atoms with Crippen molar-refractivity contribution in [1.29, 1.82) is 0 Å². The first-order valence-electron chi connectivity index (χ1n) is 6.02. The van der Waals surface area contributed by atoms with Crippen LogP contribution in [0.1, 0.15) is 20.9 Å². The number of nitrogens with zero attached hydrogens (tertiary/aromatic N) is 1. The van der Waals surface area contributed by atoms with Gasteiger partial charge >= 0.3 is 5.97 Å². The van der Waals surface area contributed by atoms with E-state index < -0.39 is 5.97 Å². The van der Waals surface area contributed by atoms with Crippen molar-refractivity contribution in [3.63, 3.8) is 0 Å². The molecule has 6 heteroatoms. The third-order valence-corrected chi connectivity index (χ3v) is 3.71. The van der Waals surface area contributed by atoms with Gasteiger partial charge in [-0.3, -0.25) is 0 Å². The molecule has 0 atom stereocenters. The molecule has 0 bridgehead atoms. The minimum Gasteiger partial charge on any atom is -0.496 e. The van der Waals surface area contributed by atoms with E-state index in [1.165, 1.54) is 18.4 Å². The monoisotopic (exact) mass is 292 g/mol. The molecule has 0 aliphatic heterocycles. The van der Waals surface area contributed by atoms with Crippen LogP contribution < -0.4 is 10.1 Å². The first kappa shape index (κ1) is 14.3. The molecule has 0 fully saturated rings. The fraction of sp³-hybridized carbons (Fsp3) is 0.286. The maximum Gasteiger partial charge on any atom is 0.357 e. The number of carbonyl (C=O) groups is 1. The highest BCUT2D eigenvalue weighted by atomic mass is 32.1. The Hall–Kier alpha value is -2.08. The van der Waals surface area contributed by atoms with E-state index in [-0.39, 0.29) is 0 Å². The zero-order valence-corrected chi connectivity index (χ0v) is 12.6. The van der Waals surface area contributed by atoms with E-state index in [0.717, 1.165) is 21.9 Å². The Morgan fingerprint density at radius 1 is 1.30 bits per heavy atom. The number of anilines is 2. The van der Waals surface area contributed by atoms with Crippen molar-refractivity contribution in [3.05, 3.63) is 34.3 Å². The van der Waals surface area contributed by atoms with Gasteiger partial charge in [0.15, 0.2) is 10.8 Å². The van der Waals surface area contributed by atoms with Crippen LogP contribution in [0.5, 0.6) is 5.75 Å². The number of nitrogens with one attached hydrogen (secondary N) is 1. The molecule has 106 valence electrons. The van der Waals surface area contributed by atoms with Crippen LogP contribution in [-0.4, -0.2) is 25.2 Å². The lowest BCUT2D eigenvalue weighted by Gasteiger charge is -2.07. The lowest BCUT2D eigenvalue weighted by atomic mass is 10.2. The van der Waals surface area contributed by atoms with Gasteiger partial charge in [-0.25, -0.2) is 9.78 Å². The molecule has 0 amide bonds. The molecule has 0 aliphatic rings. The van der Waals surface area contributed by atoms with Crippen LogP contribution in [-0.2, 0) is 4.74 Å². The van der Waals surface area contributed by atoms with E-state index >= 15 is 0 Å². The van der Waals surface area contributed by atoms with Gasteiger partial charge in [-0.2, -0.15) is 0 Å². The van der Waals surface area contributed by atoms with Crippen LogP contribution in [0.15, 0.2) is 18.2 Å². The number of hydrogen-bond acceptors (Lipinski definition) is 6. The maximum atomic E-state index is 11.5.